The van der Waals surface area contributed by atoms with Crippen LogP contribution in [0.25, 0.3) is 0 Å². The largest absolute Gasteiger partial charge is 0.493 e. The minimum absolute atomic E-state index is 0.217. The van der Waals surface area contributed by atoms with E-state index in [2.05, 4.69) is 10.5 Å². The molecule has 0 saturated heterocycles. The normalized spacial score (nSPS) is 11.7. The maximum Gasteiger partial charge on any atom is 0.345 e. The van der Waals surface area contributed by atoms with Crippen LogP contribution in [0.5, 0.6) is 17.2 Å². The summed E-state index contributed by atoms with van der Waals surface area (Å²) in [5.74, 6) is 0.0487. The standard InChI is InChI=1S/C25H22Cl2N2O5/c1-15-12-18(26)9-11-21(15)33-16(2)24(30)29-28-14-17-8-10-22(23(13-17)32-3)34-25(31)19-6-4-5-7-20(19)27/h4-14,16H,1-3H3,(H,29,30). The van der Waals surface area contributed by atoms with Crippen LogP contribution in [0.15, 0.2) is 65.8 Å². The molecule has 1 atom stereocenters. The Morgan fingerprint density at radius 3 is 2.44 bits per heavy atom. The zero-order valence-electron chi connectivity index (χ0n) is 18.7. The molecule has 1 unspecified atom stereocenters. The van der Waals surface area contributed by atoms with Gasteiger partial charge in [0.05, 0.1) is 23.9 Å². The lowest BCUT2D eigenvalue weighted by molar-refractivity contribution is -0.127. The highest BCUT2D eigenvalue weighted by molar-refractivity contribution is 6.33. The van der Waals surface area contributed by atoms with Crippen molar-refractivity contribution >= 4 is 41.3 Å². The number of hydrogen-bond donors (Lipinski definition) is 1. The lowest BCUT2D eigenvalue weighted by Crippen LogP contribution is -2.33. The zero-order valence-corrected chi connectivity index (χ0v) is 20.2. The number of esters is 1. The monoisotopic (exact) mass is 500 g/mol. The van der Waals surface area contributed by atoms with E-state index in [9.17, 15) is 9.59 Å². The quantitative estimate of drug-likeness (QED) is 0.192. The fourth-order valence-corrected chi connectivity index (χ4v) is 3.32. The molecule has 0 fully saturated rings. The van der Waals surface area contributed by atoms with Crippen LogP contribution in [0.3, 0.4) is 0 Å². The molecule has 0 aliphatic heterocycles. The molecular weight excluding hydrogens is 479 g/mol. The molecule has 0 aliphatic rings. The molecular formula is C25H22Cl2N2O5. The number of rotatable bonds is 8. The van der Waals surface area contributed by atoms with E-state index in [4.69, 9.17) is 37.4 Å². The SMILES string of the molecule is COc1cc(C=NNC(=O)C(C)Oc2ccc(Cl)cc2C)ccc1OC(=O)c1ccccc1Cl. The number of halogens is 2. The van der Waals surface area contributed by atoms with Gasteiger partial charge in [-0.15, -0.1) is 0 Å². The summed E-state index contributed by atoms with van der Waals surface area (Å²) >= 11 is 12.0. The summed E-state index contributed by atoms with van der Waals surface area (Å²) in [5.41, 5.74) is 4.10. The van der Waals surface area contributed by atoms with Crippen molar-refractivity contribution in [2.75, 3.05) is 7.11 Å². The van der Waals surface area contributed by atoms with E-state index in [-0.39, 0.29) is 16.3 Å². The zero-order chi connectivity index (χ0) is 24.7. The fraction of sp³-hybridized carbons (Fsp3) is 0.160. The van der Waals surface area contributed by atoms with Crippen molar-refractivity contribution in [3.63, 3.8) is 0 Å². The first-order chi connectivity index (χ1) is 16.3. The van der Waals surface area contributed by atoms with E-state index in [1.807, 2.05) is 6.92 Å². The molecule has 0 spiro atoms. The number of hydrazone groups is 1. The van der Waals surface area contributed by atoms with Crippen molar-refractivity contribution in [3.8, 4) is 17.2 Å². The molecule has 3 aromatic carbocycles. The number of hydrogen-bond acceptors (Lipinski definition) is 6. The van der Waals surface area contributed by atoms with Gasteiger partial charge in [-0.25, -0.2) is 10.2 Å². The summed E-state index contributed by atoms with van der Waals surface area (Å²) < 4.78 is 16.4. The molecule has 1 N–H and O–H groups in total. The highest BCUT2D eigenvalue weighted by atomic mass is 35.5. The van der Waals surface area contributed by atoms with Crippen molar-refractivity contribution in [1.29, 1.82) is 0 Å². The summed E-state index contributed by atoms with van der Waals surface area (Å²) in [4.78, 5) is 24.7. The van der Waals surface area contributed by atoms with Crippen LogP contribution in [0, 0.1) is 6.92 Å². The van der Waals surface area contributed by atoms with E-state index in [0.717, 1.165) is 5.56 Å². The average molecular weight is 501 g/mol. The molecule has 0 bridgehead atoms. The number of nitrogens with one attached hydrogen (secondary N) is 1. The minimum Gasteiger partial charge on any atom is -0.493 e. The van der Waals surface area contributed by atoms with Gasteiger partial charge in [0.25, 0.3) is 5.91 Å². The lowest BCUT2D eigenvalue weighted by Gasteiger charge is -2.15. The number of carbonyl (C=O) groups excluding carboxylic acids is 2. The van der Waals surface area contributed by atoms with Gasteiger partial charge in [0, 0.05) is 5.02 Å². The highest BCUT2D eigenvalue weighted by Gasteiger charge is 2.16. The second-order valence-corrected chi connectivity index (χ2v) is 8.03. The first-order valence-corrected chi connectivity index (χ1v) is 10.9. The maximum atomic E-state index is 12.4. The second kappa shape index (κ2) is 11.5. The third-order valence-corrected chi connectivity index (χ3v) is 5.25. The van der Waals surface area contributed by atoms with Gasteiger partial charge in [-0.1, -0.05) is 35.3 Å². The van der Waals surface area contributed by atoms with Crippen LogP contribution in [0.4, 0.5) is 0 Å². The van der Waals surface area contributed by atoms with Gasteiger partial charge < -0.3 is 14.2 Å². The topological polar surface area (TPSA) is 86.2 Å². The second-order valence-electron chi connectivity index (χ2n) is 7.18. The van der Waals surface area contributed by atoms with Crippen molar-refractivity contribution in [3.05, 3.63) is 87.4 Å². The third kappa shape index (κ3) is 6.50. The third-order valence-electron chi connectivity index (χ3n) is 4.68. The minimum atomic E-state index is -0.779. The van der Waals surface area contributed by atoms with Crippen LogP contribution in [0.1, 0.15) is 28.4 Å². The summed E-state index contributed by atoms with van der Waals surface area (Å²) in [5, 5.41) is 4.84. The summed E-state index contributed by atoms with van der Waals surface area (Å²) in [6, 6.07) is 16.6. The number of amides is 1. The number of methoxy groups -OCH3 is 1. The molecule has 0 aromatic heterocycles. The molecule has 0 saturated carbocycles. The predicted octanol–water partition coefficient (Wildman–Crippen LogP) is 5.45. The first-order valence-electron chi connectivity index (χ1n) is 10.2. The van der Waals surface area contributed by atoms with Gasteiger partial charge in [0.2, 0.25) is 0 Å². The molecule has 1 amide bonds. The Balaban J connectivity index is 1.61. The van der Waals surface area contributed by atoms with E-state index < -0.39 is 18.0 Å². The van der Waals surface area contributed by atoms with Crippen molar-refractivity contribution in [2.45, 2.75) is 20.0 Å². The molecule has 9 heteroatoms. The fourth-order valence-electron chi connectivity index (χ4n) is 2.88. The van der Waals surface area contributed by atoms with E-state index in [0.29, 0.717) is 22.1 Å². The van der Waals surface area contributed by atoms with Crippen LogP contribution in [-0.4, -0.2) is 31.3 Å². The molecule has 34 heavy (non-hydrogen) atoms. The predicted molar refractivity (Wildman–Crippen MR) is 131 cm³/mol. The number of nitrogens with zero attached hydrogens (tertiary/aromatic N) is 1. The molecule has 176 valence electrons. The van der Waals surface area contributed by atoms with Crippen LogP contribution < -0.4 is 19.6 Å². The van der Waals surface area contributed by atoms with Gasteiger partial charge in [0.15, 0.2) is 17.6 Å². The Labute approximate surface area is 207 Å². The highest BCUT2D eigenvalue weighted by Crippen LogP contribution is 2.29. The van der Waals surface area contributed by atoms with Crippen LogP contribution in [-0.2, 0) is 4.79 Å². The number of aryl methyl sites for hydroxylation is 1. The molecule has 7 nitrogen and oxygen atoms in total. The van der Waals surface area contributed by atoms with Crippen LogP contribution in [0.2, 0.25) is 10.0 Å². The smallest absolute Gasteiger partial charge is 0.345 e. The molecule has 0 aliphatic carbocycles. The number of benzene rings is 3. The maximum absolute atomic E-state index is 12.4. The number of ether oxygens (including phenoxy) is 3. The Hall–Kier alpha value is -3.55. The van der Waals surface area contributed by atoms with Gasteiger partial charge in [-0.2, -0.15) is 5.10 Å². The Morgan fingerprint density at radius 1 is 1.00 bits per heavy atom. The summed E-state index contributed by atoms with van der Waals surface area (Å²) in [7, 11) is 1.45. The summed E-state index contributed by atoms with van der Waals surface area (Å²) in [6.45, 7) is 3.46. The molecule has 3 rings (SSSR count). The number of carbonyl (C=O) groups is 2. The van der Waals surface area contributed by atoms with Crippen LogP contribution >= 0.6 is 23.2 Å². The lowest BCUT2D eigenvalue weighted by atomic mass is 10.2. The summed E-state index contributed by atoms with van der Waals surface area (Å²) in [6.07, 6.45) is 0.651. The molecule has 0 heterocycles. The van der Waals surface area contributed by atoms with Crippen molar-refractivity contribution in [2.24, 2.45) is 5.10 Å². The molecule has 3 aromatic rings. The average Bonchev–Trinajstić information content (AvgIpc) is 2.81. The van der Waals surface area contributed by atoms with E-state index >= 15 is 0 Å². The van der Waals surface area contributed by atoms with E-state index in [1.54, 1.807) is 67.6 Å². The van der Waals surface area contributed by atoms with Gasteiger partial charge in [-0.05, 0) is 73.5 Å². The van der Waals surface area contributed by atoms with Gasteiger partial charge in [-0.3, -0.25) is 4.79 Å². The molecule has 0 radical (unpaired) electrons. The van der Waals surface area contributed by atoms with Crippen molar-refractivity contribution in [1.82, 2.24) is 5.43 Å². The Kier molecular flexibility index (Phi) is 8.51. The Morgan fingerprint density at radius 2 is 1.74 bits per heavy atom. The first kappa shape index (κ1) is 25.1. The van der Waals surface area contributed by atoms with E-state index in [1.165, 1.54) is 13.3 Å². The Bertz CT molecular complexity index is 1230. The van der Waals surface area contributed by atoms with Crippen molar-refractivity contribution < 1.29 is 23.8 Å². The van der Waals surface area contributed by atoms with Gasteiger partial charge in [0.1, 0.15) is 5.75 Å². The van der Waals surface area contributed by atoms with Gasteiger partial charge >= 0.3 is 5.97 Å².